The van der Waals surface area contributed by atoms with Crippen LogP contribution < -0.4 is 15.8 Å². The van der Waals surface area contributed by atoms with Crippen molar-refractivity contribution in [3.05, 3.63) is 112 Å². The number of esters is 1. The summed E-state index contributed by atoms with van der Waals surface area (Å²) in [5.41, 5.74) is 1.29. The van der Waals surface area contributed by atoms with E-state index in [0.29, 0.717) is 16.7 Å². The van der Waals surface area contributed by atoms with Crippen LogP contribution in [0.1, 0.15) is 66.6 Å². The lowest BCUT2D eigenvalue weighted by atomic mass is 9.94. The fourth-order valence-electron chi connectivity index (χ4n) is 5.53. The van der Waals surface area contributed by atoms with Crippen LogP contribution in [0.25, 0.3) is 11.0 Å². The van der Waals surface area contributed by atoms with Crippen molar-refractivity contribution >= 4 is 28.5 Å². The van der Waals surface area contributed by atoms with Gasteiger partial charge in [0.2, 0.25) is 5.91 Å². The molecular formula is C33H34N2O5. The van der Waals surface area contributed by atoms with Crippen LogP contribution in [0.5, 0.6) is 0 Å². The molecule has 1 aliphatic carbocycles. The van der Waals surface area contributed by atoms with E-state index in [4.69, 9.17) is 9.15 Å². The molecule has 1 aliphatic rings. The summed E-state index contributed by atoms with van der Waals surface area (Å²) in [5, 5.41) is 3.84. The van der Waals surface area contributed by atoms with E-state index in [1.54, 1.807) is 25.1 Å². The number of carbonyl (C=O) groups is 2. The minimum atomic E-state index is -0.832. The van der Waals surface area contributed by atoms with Crippen molar-refractivity contribution in [2.45, 2.75) is 57.7 Å². The molecule has 1 atom stereocenters. The number of rotatable bonds is 9. The first kappa shape index (κ1) is 27.2. The van der Waals surface area contributed by atoms with E-state index in [-0.39, 0.29) is 30.7 Å². The number of hydrogen-bond acceptors (Lipinski definition) is 6. The minimum absolute atomic E-state index is 0.0770. The molecule has 0 spiro atoms. The molecule has 3 aromatic carbocycles. The molecule has 1 aromatic heterocycles. The summed E-state index contributed by atoms with van der Waals surface area (Å²) < 4.78 is 10.9. The second-order valence-corrected chi connectivity index (χ2v) is 10.1. The molecule has 1 heterocycles. The van der Waals surface area contributed by atoms with Crippen molar-refractivity contribution in [2.75, 3.05) is 11.5 Å². The molecule has 1 unspecified atom stereocenters. The maximum absolute atomic E-state index is 14.3. The molecule has 5 rings (SSSR count). The fourth-order valence-corrected chi connectivity index (χ4v) is 5.53. The summed E-state index contributed by atoms with van der Waals surface area (Å²) in [6.45, 7) is 2.04. The Hall–Kier alpha value is -4.39. The number of ether oxygens (including phenoxy) is 1. The summed E-state index contributed by atoms with van der Waals surface area (Å²) >= 11 is 0. The summed E-state index contributed by atoms with van der Waals surface area (Å²) in [7, 11) is 0. The van der Waals surface area contributed by atoms with Gasteiger partial charge >= 0.3 is 11.6 Å². The van der Waals surface area contributed by atoms with Crippen molar-refractivity contribution < 1.29 is 18.7 Å². The van der Waals surface area contributed by atoms with Crippen molar-refractivity contribution in [3.8, 4) is 0 Å². The largest absolute Gasteiger partial charge is 0.462 e. The predicted octanol–water partition coefficient (Wildman–Crippen LogP) is 6.17. The highest BCUT2D eigenvalue weighted by atomic mass is 16.5. The van der Waals surface area contributed by atoms with Gasteiger partial charge in [-0.1, -0.05) is 92.1 Å². The van der Waals surface area contributed by atoms with Crippen LogP contribution in [-0.4, -0.2) is 24.5 Å². The monoisotopic (exact) mass is 538 g/mol. The van der Waals surface area contributed by atoms with E-state index in [9.17, 15) is 14.4 Å². The quantitative estimate of drug-likeness (QED) is 0.203. The Morgan fingerprint density at radius 1 is 0.925 bits per heavy atom. The van der Waals surface area contributed by atoms with Crippen LogP contribution >= 0.6 is 0 Å². The molecule has 7 nitrogen and oxygen atoms in total. The third-order valence-electron chi connectivity index (χ3n) is 7.38. The molecular weight excluding hydrogens is 504 g/mol. The standard InChI is InChI=1S/C33H34N2O5/c1-2-39-32(37)28-30(26-20-12-13-21-27(26)40-33(28)38)35(22-23-14-6-3-7-15-23)29(24-16-8-4-9-17-24)31(36)34-25-18-10-5-11-19-25/h3-4,6-9,12-17,20-21,25,29H,2,5,10-11,18-19,22H2,1H3,(H,34,36). The number of carbonyl (C=O) groups excluding carboxylic acids is 2. The van der Waals surface area contributed by atoms with Gasteiger partial charge in [0.1, 0.15) is 11.6 Å². The van der Waals surface area contributed by atoms with Crippen LogP contribution in [0.4, 0.5) is 5.69 Å². The Balaban J connectivity index is 1.75. The Kier molecular flexibility index (Phi) is 8.59. The lowest BCUT2D eigenvalue weighted by Gasteiger charge is -2.36. The molecule has 1 N–H and O–H groups in total. The van der Waals surface area contributed by atoms with Gasteiger partial charge in [0.05, 0.1) is 12.3 Å². The number of nitrogens with zero attached hydrogens (tertiary/aromatic N) is 1. The van der Waals surface area contributed by atoms with Crippen LogP contribution in [-0.2, 0) is 16.1 Å². The third-order valence-corrected chi connectivity index (χ3v) is 7.38. The van der Waals surface area contributed by atoms with Gasteiger partial charge in [-0.05, 0) is 43.0 Å². The van der Waals surface area contributed by atoms with Crippen LogP contribution in [0.15, 0.2) is 94.1 Å². The maximum Gasteiger partial charge on any atom is 0.353 e. The van der Waals surface area contributed by atoms with Crippen LogP contribution in [0.2, 0.25) is 0 Å². The highest BCUT2D eigenvalue weighted by Crippen LogP contribution is 2.37. The highest BCUT2D eigenvalue weighted by Gasteiger charge is 2.35. The van der Waals surface area contributed by atoms with Gasteiger partial charge < -0.3 is 19.4 Å². The van der Waals surface area contributed by atoms with Crippen LogP contribution in [0, 0.1) is 0 Å². The van der Waals surface area contributed by atoms with Crippen molar-refractivity contribution in [1.29, 1.82) is 0 Å². The molecule has 0 saturated heterocycles. The van der Waals surface area contributed by atoms with Crippen molar-refractivity contribution in [2.24, 2.45) is 0 Å². The van der Waals surface area contributed by atoms with Gasteiger partial charge in [0, 0.05) is 18.0 Å². The first-order valence-corrected chi connectivity index (χ1v) is 14.0. The highest BCUT2D eigenvalue weighted by molar-refractivity contribution is 6.05. The Bertz CT molecular complexity index is 1510. The lowest BCUT2D eigenvalue weighted by Crippen LogP contribution is -2.46. The minimum Gasteiger partial charge on any atom is -0.462 e. The summed E-state index contributed by atoms with van der Waals surface area (Å²) in [4.78, 5) is 42.8. The average Bonchev–Trinajstić information content (AvgIpc) is 2.98. The van der Waals surface area contributed by atoms with Gasteiger partial charge in [-0.2, -0.15) is 0 Å². The van der Waals surface area contributed by atoms with E-state index >= 15 is 0 Å². The maximum atomic E-state index is 14.3. The molecule has 1 amide bonds. The Morgan fingerprint density at radius 3 is 2.27 bits per heavy atom. The molecule has 0 bridgehead atoms. The number of para-hydroxylation sites is 1. The zero-order valence-electron chi connectivity index (χ0n) is 22.7. The molecule has 206 valence electrons. The number of benzene rings is 3. The Labute approximate surface area is 233 Å². The van der Waals surface area contributed by atoms with E-state index in [1.807, 2.05) is 71.6 Å². The summed E-state index contributed by atoms with van der Waals surface area (Å²) in [6, 6.07) is 25.5. The van der Waals surface area contributed by atoms with E-state index in [0.717, 1.165) is 36.8 Å². The topological polar surface area (TPSA) is 88.8 Å². The summed E-state index contributed by atoms with van der Waals surface area (Å²) in [5.74, 6) is -0.962. The number of hydrogen-bond donors (Lipinski definition) is 1. The van der Waals surface area contributed by atoms with Crippen molar-refractivity contribution in [1.82, 2.24) is 5.32 Å². The van der Waals surface area contributed by atoms with E-state index < -0.39 is 17.6 Å². The van der Waals surface area contributed by atoms with Gasteiger partial charge in [-0.3, -0.25) is 4.79 Å². The zero-order valence-corrected chi connectivity index (χ0v) is 22.7. The average molecular weight is 539 g/mol. The molecule has 1 saturated carbocycles. The number of anilines is 1. The predicted molar refractivity (Wildman–Crippen MR) is 155 cm³/mol. The zero-order chi connectivity index (χ0) is 27.9. The lowest BCUT2D eigenvalue weighted by molar-refractivity contribution is -0.123. The third kappa shape index (κ3) is 5.93. The summed E-state index contributed by atoms with van der Waals surface area (Å²) in [6.07, 6.45) is 5.18. The second kappa shape index (κ2) is 12.6. The van der Waals surface area contributed by atoms with Crippen LogP contribution in [0.3, 0.4) is 0 Å². The normalized spacial score (nSPS) is 14.4. The van der Waals surface area contributed by atoms with E-state index in [2.05, 4.69) is 5.32 Å². The van der Waals surface area contributed by atoms with Gasteiger partial charge in [-0.25, -0.2) is 9.59 Å². The molecule has 40 heavy (non-hydrogen) atoms. The van der Waals surface area contributed by atoms with E-state index in [1.165, 1.54) is 6.42 Å². The second-order valence-electron chi connectivity index (χ2n) is 10.1. The SMILES string of the molecule is CCOC(=O)c1c(N(Cc2ccccc2)C(C(=O)NC2CCCCC2)c2ccccc2)c2ccccc2oc1=O. The fraction of sp³-hybridized carbons (Fsp3) is 0.303. The molecule has 7 heteroatoms. The number of fused-ring (bicyclic) bond motifs is 1. The molecule has 4 aromatic rings. The molecule has 0 radical (unpaired) electrons. The number of amides is 1. The molecule has 0 aliphatic heterocycles. The van der Waals surface area contributed by atoms with Gasteiger partial charge in [0.15, 0.2) is 5.56 Å². The van der Waals surface area contributed by atoms with Gasteiger partial charge in [-0.15, -0.1) is 0 Å². The number of nitrogens with one attached hydrogen (secondary N) is 1. The van der Waals surface area contributed by atoms with Gasteiger partial charge in [0.25, 0.3) is 0 Å². The van der Waals surface area contributed by atoms with Crippen molar-refractivity contribution in [3.63, 3.8) is 0 Å². The smallest absolute Gasteiger partial charge is 0.353 e. The Morgan fingerprint density at radius 2 is 1.57 bits per heavy atom. The first-order valence-electron chi connectivity index (χ1n) is 14.0. The first-order chi connectivity index (χ1) is 19.6. The molecule has 1 fully saturated rings.